The number of nitrogens with zero attached hydrogens (tertiary/aromatic N) is 1. The number of methoxy groups -OCH3 is 1. The number of nitrogens with two attached hydrogens (primary N) is 1. The van der Waals surface area contributed by atoms with E-state index in [9.17, 15) is 18.0 Å². The first-order chi connectivity index (χ1) is 8.30. The number of rotatable bonds is 3. The van der Waals surface area contributed by atoms with E-state index in [2.05, 4.69) is 14.5 Å². The number of esters is 1. The average Bonchev–Trinajstić information content (AvgIpc) is 2.26. The molecule has 0 fully saturated rings. The van der Waals surface area contributed by atoms with Crippen LogP contribution in [0.3, 0.4) is 0 Å². The molecule has 0 radical (unpaired) electrons. The minimum atomic E-state index is -4.84. The number of halogens is 3. The molecule has 0 bridgehead atoms. The van der Waals surface area contributed by atoms with E-state index in [4.69, 9.17) is 5.73 Å². The minimum absolute atomic E-state index is 0.0581. The summed E-state index contributed by atoms with van der Waals surface area (Å²) in [7, 11) is 1.14. The van der Waals surface area contributed by atoms with Crippen LogP contribution in [0.25, 0.3) is 0 Å². The van der Waals surface area contributed by atoms with Crippen LogP contribution in [-0.4, -0.2) is 24.4 Å². The Morgan fingerprint density at radius 3 is 2.56 bits per heavy atom. The highest BCUT2D eigenvalue weighted by molar-refractivity contribution is 5.89. The van der Waals surface area contributed by atoms with E-state index < -0.39 is 18.1 Å². The predicted octanol–water partition coefficient (Wildman–Crippen LogP) is 1.53. The zero-order valence-corrected chi connectivity index (χ0v) is 9.67. The Morgan fingerprint density at radius 2 is 2.11 bits per heavy atom. The summed E-state index contributed by atoms with van der Waals surface area (Å²) in [5.41, 5.74) is 5.52. The van der Waals surface area contributed by atoms with Crippen LogP contribution < -0.4 is 10.5 Å². The second-order valence-electron chi connectivity index (χ2n) is 3.32. The lowest BCUT2D eigenvalue weighted by Gasteiger charge is -2.15. The Balaban J connectivity index is 3.25. The van der Waals surface area contributed by atoms with Crippen molar-refractivity contribution in [3.8, 4) is 5.75 Å². The maximum Gasteiger partial charge on any atom is 0.573 e. The van der Waals surface area contributed by atoms with Gasteiger partial charge in [-0.2, -0.15) is 0 Å². The van der Waals surface area contributed by atoms with Crippen LogP contribution in [0, 0.1) is 6.92 Å². The second kappa shape index (κ2) is 5.21. The van der Waals surface area contributed by atoms with Gasteiger partial charge in [-0.25, -0.2) is 9.78 Å². The zero-order chi connectivity index (χ0) is 13.9. The van der Waals surface area contributed by atoms with E-state index in [0.29, 0.717) is 0 Å². The Hall–Kier alpha value is -1.83. The fourth-order valence-electron chi connectivity index (χ4n) is 1.39. The van der Waals surface area contributed by atoms with Gasteiger partial charge in [0.2, 0.25) is 0 Å². The van der Waals surface area contributed by atoms with E-state index in [1.165, 1.54) is 6.92 Å². The average molecular weight is 264 g/mol. The number of ether oxygens (including phenoxy) is 2. The summed E-state index contributed by atoms with van der Waals surface area (Å²) in [4.78, 5) is 14.9. The molecule has 100 valence electrons. The van der Waals surface area contributed by atoms with Gasteiger partial charge in [0.1, 0.15) is 0 Å². The number of hydrogen-bond acceptors (Lipinski definition) is 5. The lowest BCUT2D eigenvalue weighted by Crippen LogP contribution is -2.20. The van der Waals surface area contributed by atoms with Crippen molar-refractivity contribution in [3.05, 3.63) is 23.0 Å². The molecule has 1 aromatic rings. The van der Waals surface area contributed by atoms with Crippen molar-refractivity contribution in [3.63, 3.8) is 0 Å². The Kier molecular flexibility index (Phi) is 4.12. The second-order valence-corrected chi connectivity index (χ2v) is 3.32. The van der Waals surface area contributed by atoms with Crippen LogP contribution in [0.4, 0.5) is 13.2 Å². The zero-order valence-electron chi connectivity index (χ0n) is 9.67. The molecule has 8 heteroatoms. The molecule has 0 amide bonds. The van der Waals surface area contributed by atoms with Crippen LogP contribution in [0.5, 0.6) is 5.75 Å². The Bertz CT molecular complexity index is 460. The number of hydrogen-bond donors (Lipinski definition) is 1. The Labute approximate surface area is 101 Å². The molecule has 1 rings (SSSR count). The summed E-state index contributed by atoms with van der Waals surface area (Å²) in [6.07, 6.45) is -4.04. The first kappa shape index (κ1) is 14.2. The van der Waals surface area contributed by atoms with Crippen molar-refractivity contribution in [2.75, 3.05) is 7.11 Å². The maximum absolute atomic E-state index is 12.1. The molecule has 0 aliphatic rings. The van der Waals surface area contributed by atoms with Gasteiger partial charge in [-0.05, 0) is 12.5 Å². The quantitative estimate of drug-likeness (QED) is 0.838. The minimum Gasteiger partial charge on any atom is -0.464 e. The molecule has 0 saturated carbocycles. The summed E-state index contributed by atoms with van der Waals surface area (Å²) in [5.74, 6) is -1.27. The molecule has 1 heterocycles. The van der Waals surface area contributed by atoms with Crippen molar-refractivity contribution in [2.45, 2.75) is 19.8 Å². The van der Waals surface area contributed by atoms with Gasteiger partial charge in [0.15, 0.2) is 11.4 Å². The fourth-order valence-corrected chi connectivity index (χ4v) is 1.39. The van der Waals surface area contributed by atoms with Crippen LogP contribution in [0.1, 0.15) is 21.6 Å². The maximum atomic E-state index is 12.1. The number of carbonyl (C=O) groups is 1. The van der Waals surface area contributed by atoms with Crippen molar-refractivity contribution in [1.29, 1.82) is 0 Å². The smallest absolute Gasteiger partial charge is 0.464 e. The van der Waals surface area contributed by atoms with Crippen LogP contribution in [-0.2, 0) is 11.3 Å². The lowest BCUT2D eigenvalue weighted by atomic mass is 10.1. The first-order valence-corrected chi connectivity index (χ1v) is 4.82. The van der Waals surface area contributed by atoms with Crippen LogP contribution in [0.15, 0.2) is 6.20 Å². The number of pyridine rings is 1. The van der Waals surface area contributed by atoms with Gasteiger partial charge in [-0.3, -0.25) is 0 Å². The summed E-state index contributed by atoms with van der Waals surface area (Å²) >= 11 is 0. The summed E-state index contributed by atoms with van der Waals surface area (Å²) in [5, 5.41) is 0. The number of alkyl halides is 3. The lowest BCUT2D eigenvalue weighted by molar-refractivity contribution is -0.275. The summed E-state index contributed by atoms with van der Waals surface area (Å²) in [6, 6.07) is 0. The van der Waals surface area contributed by atoms with Crippen molar-refractivity contribution >= 4 is 5.97 Å². The number of carbonyl (C=O) groups excluding carboxylic acids is 1. The molecule has 0 atom stereocenters. The SMILES string of the molecule is COC(=O)c1ncc(OC(F)(F)F)c(CN)c1C. The molecule has 0 aliphatic carbocycles. The van der Waals surface area contributed by atoms with Crippen molar-refractivity contribution in [1.82, 2.24) is 4.98 Å². The normalized spacial score (nSPS) is 11.2. The summed E-state index contributed by atoms with van der Waals surface area (Å²) in [6.45, 7) is 1.20. The van der Waals surface area contributed by atoms with Gasteiger partial charge in [-0.1, -0.05) is 0 Å². The molecule has 2 N–H and O–H groups in total. The Morgan fingerprint density at radius 1 is 1.50 bits per heavy atom. The van der Waals surface area contributed by atoms with Gasteiger partial charge in [0, 0.05) is 12.1 Å². The molecule has 0 unspecified atom stereocenters. The van der Waals surface area contributed by atoms with E-state index >= 15 is 0 Å². The molecular weight excluding hydrogens is 253 g/mol. The largest absolute Gasteiger partial charge is 0.573 e. The van der Waals surface area contributed by atoms with Gasteiger partial charge < -0.3 is 15.2 Å². The van der Waals surface area contributed by atoms with E-state index in [1.807, 2.05) is 0 Å². The molecule has 0 aromatic carbocycles. The molecule has 1 aromatic heterocycles. The van der Waals surface area contributed by atoms with Gasteiger partial charge >= 0.3 is 12.3 Å². The van der Waals surface area contributed by atoms with Crippen molar-refractivity contribution < 1.29 is 27.4 Å². The molecule has 0 aliphatic heterocycles. The third-order valence-electron chi connectivity index (χ3n) is 2.22. The van der Waals surface area contributed by atoms with Gasteiger partial charge in [0.05, 0.1) is 13.3 Å². The molecule has 5 nitrogen and oxygen atoms in total. The third-order valence-corrected chi connectivity index (χ3v) is 2.22. The molecule has 18 heavy (non-hydrogen) atoms. The van der Waals surface area contributed by atoms with Crippen LogP contribution >= 0.6 is 0 Å². The highest BCUT2D eigenvalue weighted by Crippen LogP contribution is 2.28. The van der Waals surface area contributed by atoms with E-state index in [1.54, 1.807) is 0 Å². The first-order valence-electron chi connectivity index (χ1n) is 4.82. The third kappa shape index (κ3) is 3.10. The van der Waals surface area contributed by atoms with Crippen molar-refractivity contribution in [2.24, 2.45) is 5.73 Å². The van der Waals surface area contributed by atoms with E-state index in [0.717, 1.165) is 13.3 Å². The predicted molar refractivity (Wildman–Crippen MR) is 54.9 cm³/mol. The van der Waals surface area contributed by atoms with Crippen LogP contribution in [0.2, 0.25) is 0 Å². The number of aromatic nitrogens is 1. The highest BCUT2D eigenvalue weighted by atomic mass is 19.4. The van der Waals surface area contributed by atoms with Gasteiger partial charge in [-0.15, -0.1) is 13.2 Å². The summed E-state index contributed by atoms with van der Waals surface area (Å²) < 4.78 is 44.6. The topological polar surface area (TPSA) is 74.4 Å². The van der Waals surface area contributed by atoms with E-state index in [-0.39, 0.29) is 23.4 Å². The molecular formula is C10H11F3N2O3. The standard InChI is InChI=1S/C10H11F3N2O3/c1-5-6(3-14)7(18-10(11,12)13)4-15-8(5)9(16)17-2/h4H,3,14H2,1-2H3. The van der Waals surface area contributed by atoms with Gasteiger partial charge in [0.25, 0.3) is 0 Å². The monoisotopic (exact) mass is 264 g/mol. The molecule has 0 spiro atoms. The fraction of sp³-hybridized carbons (Fsp3) is 0.400. The molecule has 0 saturated heterocycles. The highest BCUT2D eigenvalue weighted by Gasteiger charge is 2.33.